The van der Waals surface area contributed by atoms with Crippen LogP contribution in [0, 0.1) is 0 Å². The maximum Gasteiger partial charge on any atom is 0.263 e. The zero-order valence-corrected chi connectivity index (χ0v) is 13.5. The van der Waals surface area contributed by atoms with Crippen LogP contribution in [0.1, 0.15) is 27.2 Å². The molecule has 3 rings (SSSR count). The summed E-state index contributed by atoms with van der Waals surface area (Å²) in [6, 6.07) is 7.84. The number of nitrogens with one attached hydrogen (secondary N) is 2. The summed E-state index contributed by atoms with van der Waals surface area (Å²) in [5.74, 6) is -0.216. The Balaban J connectivity index is 1.63. The van der Waals surface area contributed by atoms with Crippen molar-refractivity contribution in [3.63, 3.8) is 0 Å². The Morgan fingerprint density at radius 1 is 1.48 bits per heavy atom. The van der Waals surface area contributed by atoms with E-state index >= 15 is 0 Å². The lowest BCUT2D eigenvalue weighted by molar-refractivity contribution is 0.0370. The first-order chi connectivity index (χ1) is 11.1. The van der Waals surface area contributed by atoms with Gasteiger partial charge in [-0.1, -0.05) is 41.7 Å². The summed E-state index contributed by atoms with van der Waals surface area (Å²) in [5.41, 5.74) is 1.08. The molecule has 0 spiro atoms. The second-order valence-corrected chi connectivity index (χ2v) is 6.60. The van der Waals surface area contributed by atoms with E-state index in [1.54, 1.807) is 6.08 Å². The highest BCUT2D eigenvalue weighted by atomic mass is 32.1. The molecule has 1 heterocycles. The molecule has 0 bridgehead atoms. The Kier molecular flexibility index (Phi) is 4.45. The molecule has 5 nitrogen and oxygen atoms in total. The number of fused-ring (bicyclic) bond motifs is 1. The van der Waals surface area contributed by atoms with Crippen molar-refractivity contribution >= 4 is 22.4 Å². The van der Waals surface area contributed by atoms with Gasteiger partial charge in [0.15, 0.2) is 5.13 Å². The molecule has 6 heteroatoms. The van der Waals surface area contributed by atoms with Crippen LogP contribution in [0.2, 0.25) is 0 Å². The van der Waals surface area contributed by atoms with E-state index in [4.69, 9.17) is 0 Å². The standard InChI is InChI=1S/C17H19N3O2S/c1-2-9-18-16-19-10-14(23-16)15(21)20-11-17(22)8-7-12-5-3-4-6-13(12)17/h2-6,10,22H,1,7-9,11H2,(H,18,19)(H,20,21)/t17-/m0/s1. The zero-order valence-electron chi connectivity index (χ0n) is 12.7. The third-order valence-corrected chi connectivity index (χ3v) is 4.95. The lowest BCUT2D eigenvalue weighted by Crippen LogP contribution is -2.39. The maximum atomic E-state index is 12.2. The number of nitrogens with zero attached hydrogens (tertiary/aromatic N) is 1. The fourth-order valence-corrected chi connectivity index (χ4v) is 3.53. The molecule has 1 atom stereocenters. The molecule has 0 radical (unpaired) electrons. The Hall–Kier alpha value is -2.18. The van der Waals surface area contributed by atoms with E-state index in [0.29, 0.717) is 23.0 Å². The number of thiazole rings is 1. The number of anilines is 1. The third-order valence-electron chi connectivity index (χ3n) is 4.00. The number of benzene rings is 1. The number of carbonyl (C=O) groups excluding carboxylic acids is 1. The van der Waals surface area contributed by atoms with Gasteiger partial charge in [-0.15, -0.1) is 6.58 Å². The maximum absolute atomic E-state index is 12.2. The van der Waals surface area contributed by atoms with Crippen LogP contribution in [0.5, 0.6) is 0 Å². The Labute approximate surface area is 139 Å². The van der Waals surface area contributed by atoms with E-state index < -0.39 is 5.60 Å². The van der Waals surface area contributed by atoms with Gasteiger partial charge in [0.05, 0.1) is 12.7 Å². The predicted octanol–water partition coefficient (Wildman–Crippen LogP) is 2.30. The predicted molar refractivity (Wildman–Crippen MR) is 91.8 cm³/mol. The van der Waals surface area contributed by atoms with Gasteiger partial charge in [0.2, 0.25) is 0 Å². The normalized spacial score (nSPS) is 19.2. The van der Waals surface area contributed by atoms with Gasteiger partial charge in [-0.25, -0.2) is 4.98 Å². The first-order valence-electron chi connectivity index (χ1n) is 7.52. The lowest BCUT2D eigenvalue weighted by Gasteiger charge is -2.24. The molecular weight excluding hydrogens is 310 g/mol. The third kappa shape index (κ3) is 3.28. The zero-order chi connectivity index (χ0) is 16.3. The first-order valence-corrected chi connectivity index (χ1v) is 8.33. The van der Waals surface area contributed by atoms with Crippen LogP contribution in [0.3, 0.4) is 0 Å². The van der Waals surface area contributed by atoms with E-state index in [-0.39, 0.29) is 12.5 Å². The fourth-order valence-electron chi connectivity index (χ4n) is 2.79. The molecule has 23 heavy (non-hydrogen) atoms. The van der Waals surface area contributed by atoms with Crippen LogP contribution >= 0.6 is 11.3 Å². The van der Waals surface area contributed by atoms with Gasteiger partial charge in [0.25, 0.3) is 5.91 Å². The van der Waals surface area contributed by atoms with Crippen LogP contribution < -0.4 is 10.6 Å². The van der Waals surface area contributed by atoms with Crippen molar-refractivity contribution in [1.29, 1.82) is 0 Å². The van der Waals surface area contributed by atoms with Crippen molar-refractivity contribution in [2.24, 2.45) is 0 Å². The van der Waals surface area contributed by atoms with Crippen LogP contribution in [0.25, 0.3) is 0 Å². The summed E-state index contributed by atoms with van der Waals surface area (Å²) < 4.78 is 0. The van der Waals surface area contributed by atoms with E-state index in [2.05, 4.69) is 22.2 Å². The average molecular weight is 329 g/mol. The Morgan fingerprint density at radius 2 is 2.30 bits per heavy atom. The second-order valence-electron chi connectivity index (χ2n) is 5.57. The van der Waals surface area contributed by atoms with Gasteiger partial charge in [-0.05, 0) is 24.0 Å². The molecule has 3 N–H and O–H groups in total. The molecule has 120 valence electrons. The topological polar surface area (TPSA) is 74.2 Å². The van der Waals surface area contributed by atoms with Crippen LogP contribution in [-0.4, -0.2) is 29.1 Å². The molecular formula is C17H19N3O2S. The molecule has 0 aliphatic heterocycles. The van der Waals surface area contributed by atoms with E-state index in [1.807, 2.05) is 24.3 Å². The minimum absolute atomic E-state index is 0.205. The summed E-state index contributed by atoms with van der Waals surface area (Å²) >= 11 is 1.28. The van der Waals surface area contributed by atoms with Gasteiger partial charge >= 0.3 is 0 Å². The molecule has 1 aromatic heterocycles. The van der Waals surface area contributed by atoms with Crippen LogP contribution in [-0.2, 0) is 12.0 Å². The fraction of sp³-hybridized carbons (Fsp3) is 0.294. The van der Waals surface area contributed by atoms with Gasteiger partial charge in [-0.2, -0.15) is 0 Å². The minimum atomic E-state index is -0.985. The molecule has 2 aromatic rings. The molecule has 1 aromatic carbocycles. The molecule has 0 unspecified atom stereocenters. The Morgan fingerprint density at radius 3 is 3.13 bits per heavy atom. The number of hydrogen-bond acceptors (Lipinski definition) is 5. The molecule has 1 aliphatic rings. The Bertz CT molecular complexity index is 728. The molecule has 0 fully saturated rings. The highest BCUT2D eigenvalue weighted by Gasteiger charge is 2.36. The lowest BCUT2D eigenvalue weighted by atomic mass is 9.96. The molecule has 0 saturated carbocycles. The van der Waals surface area contributed by atoms with Crippen molar-refractivity contribution < 1.29 is 9.90 Å². The average Bonchev–Trinajstić information content (AvgIpc) is 3.17. The number of aliphatic hydroxyl groups is 1. The van der Waals surface area contributed by atoms with Crippen molar-refractivity contribution in [3.05, 3.63) is 59.1 Å². The van der Waals surface area contributed by atoms with Crippen molar-refractivity contribution in [1.82, 2.24) is 10.3 Å². The largest absolute Gasteiger partial charge is 0.383 e. The number of carbonyl (C=O) groups is 1. The summed E-state index contributed by atoms with van der Waals surface area (Å²) in [6.07, 6.45) is 4.73. The number of hydrogen-bond donors (Lipinski definition) is 3. The molecule has 0 saturated heterocycles. The van der Waals surface area contributed by atoms with Gasteiger partial charge < -0.3 is 15.7 Å². The number of amides is 1. The SMILES string of the molecule is C=CCNc1ncc(C(=O)NC[C@@]2(O)CCc3ccccc32)s1. The summed E-state index contributed by atoms with van der Waals surface area (Å²) in [5, 5.41) is 17.4. The molecule has 1 aliphatic carbocycles. The highest BCUT2D eigenvalue weighted by molar-refractivity contribution is 7.17. The van der Waals surface area contributed by atoms with Gasteiger partial charge in [0, 0.05) is 6.54 Å². The monoisotopic (exact) mass is 329 g/mol. The quantitative estimate of drug-likeness (QED) is 0.711. The van der Waals surface area contributed by atoms with E-state index in [0.717, 1.165) is 17.5 Å². The van der Waals surface area contributed by atoms with Crippen molar-refractivity contribution in [2.75, 3.05) is 18.4 Å². The number of aryl methyl sites for hydroxylation is 1. The van der Waals surface area contributed by atoms with E-state index in [9.17, 15) is 9.90 Å². The number of aromatic nitrogens is 1. The second kappa shape index (κ2) is 6.52. The van der Waals surface area contributed by atoms with E-state index in [1.165, 1.54) is 17.5 Å². The summed E-state index contributed by atoms with van der Waals surface area (Å²) in [7, 11) is 0. The number of rotatable bonds is 6. The van der Waals surface area contributed by atoms with Crippen molar-refractivity contribution in [2.45, 2.75) is 18.4 Å². The molecule has 1 amide bonds. The van der Waals surface area contributed by atoms with Gasteiger partial charge in [-0.3, -0.25) is 4.79 Å². The summed E-state index contributed by atoms with van der Waals surface area (Å²) in [6.45, 7) is 4.43. The summed E-state index contributed by atoms with van der Waals surface area (Å²) in [4.78, 5) is 16.9. The first kappa shape index (κ1) is 15.7. The van der Waals surface area contributed by atoms with Crippen LogP contribution in [0.15, 0.2) is 43.1 Å². The van der Waals surface area contributed by atoms with Crippen LogP contribution in [0.4, 0.5) is 5.13 Å². The smallest absolute Gasteiger partial charge is 0.263 e. The highest BCUT2D eigenvalue weighted by Crippen LogP contribution is 2.36. The minimum Gasteiger partial charge on any atom is -0.383 e. The van der Waals surface area contributed by atoms with Gasteiger partial charge in [0.1, 0.15) is 10.5 Å². The van der Waals surface area contributed by atoms with Crippen molar-refractivity contribution in [3.8, 4) is 0 Å².